The molecular weight excluding hydrogens is 364 g/mol. The van der Waals surface area contributed by atoms with E-state index in [1.807, 2.05) is 7.05 Å². The van der Waals surface area contributed by atoms with Gasteiger partial charge in [-0.2, -0.15) is 0 Å². The number of nitrogens with zero attached hydrogens (tertiary/aromatic N) is 3. The summed E-state index contributed by atoms with van der Waals surface area (Å²) in [6.45, 7) is 11.6. The Morgan fingerprint density at radius 3 is 2.48 bits per heavy atom. The quantitative estimate of drug-likeness (QED) is 0.578. The molecule has 1 N–H and O–H groups in total. The maximum Gasteiger partial charge on any atom is 0.109 e. The van der Waals surface area contributed by atoms with Crippen LogP contribution in [0.15, 0.2) is 0 Å². The van der Waals surface area contributed by atoms with Crippen molar-refractivity contribution in [3.8, 4) is 0 Å². The molecule has 0 atom stereocenters. The van der Waals surface area contributed by atoms with Crippen LogP contribution in [-0.2, 0) is 29.0 Å². The van der Waals surface area contributed by atoms with E-state index in [-0.39, 0.29) is 5.41 Å². The average molecular weight is 407 g/mol. The number of hydrogen-bond acceptors (Lipinski definition) is 5. The van der Waals surface area contributed by atoms with E-state index in [9.17, 15) is 0 Å². The van der Waals surface area contributed by atoms with Crippen LogP contribution in [0.5, 0.6) is 0 Å². The SMILES string of the molecule is CCOCC1(COCC)CCC(c2c(CN(C)CCNC)nc3n2CCC3)CC1. The summed E-state index contributed by atoms with van der Waals surface area (Å²) in [6.07, 6.45) is 7.20. The molecule has 0 radical (unpaired) electrons. The second-order valence-corrected chi connectivity index (χ2v) is 9.01. The van der Waals surface area contributed by atoms with Gasteiger partial charge in [-0.15, -0.1) is 0 Å². The minimum atomic E-state index is 0.195. The minimum Gasteiger partial charge on any atom is -0.381 e. The zero-order chi connectivity index (χ0) is 20.7. The Labute approximate surface area is 177 Å². The van der Waals surface area contributed by atoms with Crippen LogP contribution >= 0.6 is 0 Å². The molecule has 1 aliphatic carbocycles. The van der Waals surface area contributed by atoms with Gasteiger partial charge in [-0.1, -0.05) is 0 Å². The molecule has 6 heteroatoms. The highest BCUT2D eigenvalue weighted by molar-refractivity contribution is 5.24. The fourth-order valence-corrected chi connectivity index (χ4v) is 5.08. The Morgan fingerprint density at radius 2 is 1.86 bits per heavy atom. The van der Waals surface area contributed by atoms with Crippen molar-refractivity contribution in [3.05, 3.63) is 17.2 Å². The summed E-state index contributed by atoms with van der Waals surface area (Å²) in [7, 11) is 4.23. The largest absolute Gasteiger partial charge is 0.381 e. The number of hydrogen-bond donors (Lipinski definition) is 1. The highest BCUT2D eigenvalue weighted by Crippen LogP contribution is 2.45. The second-order valence-electron chi connectivity index (χ2n) is 9.01. The Bertz CT molecular complexity index is 613. The van der Waals surface area contributed by atoms with E-state index in [4.69, 9.17) is 14.5 Å². The number of fused-ring (bicyclic) bond motifs is 1. The van der Waals surface area contributed by atoms with Gasteiger partial charge in [0.25, 0.3) is 0 Å². The molecule has 1 saturated carbocycles. The molecule has 1 aliphatic heterocycles. The van der Waals surface area contributed by atoms with E-state index in [1.165, 1.54) is 49.3 Å². The lowest BCUT2D eigenvalue weighted by atomic mass is 9.70. The van der Waals surface area contributed by atoms with Gasteiger partial charge >= 0.3 is 0 Å². The first-order chi connectivity index (χ1) is 14.1. The smallest absolute Gasteiger partial charge is 0.109 e. The summed E-state index contributed by atoms with van der Waals surface area (Å²) in [5.74, 6) is 1.94. The van der Waals surface area contributed by atoms with Crippen molar-refractivity contribution in [2.75, 3.05) is 53.6 Å². The maximum atomic E-state index is 5.88. The topological polar surface area (TPSA) is 51.6 Å². The van der Waals surface area contributed by atoms with Gasteiger partial charge in [0.1, 0.15) is 5.82 Å². The molecule has 0 saturated heterocycles. The zero-order valence-electron chi connectivity index (χ0n) is 19.1. The van der Waals surface area contributed by atoms with E-state index < -0.39 is 0 Å². The van der Waals surface area contributed by atoms with Crippen molar-refractivity contribution in [3.63, 3.8) is 0 Å². The van der Waals surface area contributed by atoms with Crippen LogP contribution in [0, 0.1) is 5.41 Å². The van der Waals surface area contributed by atoms with Gasteiger partial charge in [-0.25, -0.2) is 4.98 Å². The first kappa shape index (κ1) is 22.7. The Kier molecular flexibility index (Phi) is 8.54. The maximum absolute atomic E-state index is 5.88. The first-order valence-electron chi connectivity index (χ1n) is 11.7. The highest BCUT2D eigenvalue weighted by Gasteiger charge is 2.38. The van der Waals surface area contributed by atoms with Crippen LogP contribution in [-0.4, -0.2) is 68.1 Å². The Morgan fingerprint density at radius 1 is 1.17 bits per heavy atom. The molecule has 6 nitrogen and oxygen atoms in total. The molecule has 1 aromatic heterocycles. The molecule has 29 heavy (non-hydrogen) atoms. The normalized spacial score (nSPS) is 19.2. The Balaban J connectivity index is 1.72. The number of rotatable bonds is 12. The van der Waals surface area contributed by atoms with Crippen molar-refractivity contribution < 1.29 is 9.47 Å². The van der Waals surface area contributed by atoms with E-state index in [1.54, 1.807) is 0 Å². The fourth-order valence-electron chi connectivity index (χ4n) is 5.08. The predicted molar refractivity (Wildman–Crippen MR) is 117 cm³/mol. The molecule has 2 aliphatic rings. The summed E-state index contributed by atoms with van der Waals surface area (Å²) in [5.41, 5.74) is 3.06. The fraction of sp³-hybridized carbons (Fsp3) is 0.870. The molecule has 0 unspecified atom stereocenters. The van der Waals surface area contributed by atoms with Crippen LogP contribution in [0.3, 0.4) is 0 Å². The van der Waals surface area contributed by atoms with Crippen LogP contribution in [0.4, 0.5) is 0 Å². The van der Waals surface area contributed by atoms with E-state index >= 15 is 0 Å². The van der Waals surface area contributed by atoms with Gasteiger partial charge < -0.3 is 19.4 Å². The molecule has 2 heterocycles. The number of nitrogens with one attached hydrogen (secondary N) is 1. The number of imidazole rings is 1. The Hall–Kier alpha value is -0.950. The molecule has 166 valence electrons. The van der Waals surface area contributed by atoms with Crippen molar-refractivity contribution in [1.82, 2.24) is 19.8 Å². The van der Waals surface area contributed by atoms with Gasteiger partial charge in [0.2, 0.25) is 0 Å². The van der Waals surface area contributed by atoms with Gasteiger partial charge in [0.05, 0.1) is 18.9 Å². The zero-order valence-corrected chi connectivity index (χ0v) is 19.1. The molecule has 1 fully saturated rings. The molecule has 3 rings (SSSR count). The highest BCUT2D eigenvalue weighted by atomic mass is 16.5. The second kappa shape index (κ2) is 10.9. The van der Waals surface area contributed by atoms with Gasteiger partial charge in [0.15, 0.2) is 0 Å². The van der Waals surface area contributed by atoms with Crippen LogP contribution < -0.4 is 5.32 Å². The molecule has 0 aromatic carbocycles. The molecule has 0 bridgehead atoms. The van der Waals surface area contributed by atoms with Gasteiger partial charge in [-0.3, -0.25) is 4.90 Å². The van der Waals surface area contributed by atoms with E-state index in [0.717, 1.165) is 59.0 Å². The number of aryl methyl sites for hydroxylation is 1. The summed E-state index contributed by atoms with van der Waals surface area (Å²) in [4.78, 5) is 7.50. The summed E-state index contributed by atoms with van der Waals surface area (Å²) < 4.78 is 14.3. The van der Waals surface area contributed by atoms with Crippen molar-refractivity contribution >= 4 is 0 Å². The standard InChI is InChI=1S/C23H42N4O2/c1-5-28-17-23(18-29-6-2)11-9-19(10-12-23)22-20(16-26(4)15-13-24-3)25-21-8-7-14-27(21)22/h19,24H,5-18H2,1-4H3. The summed E-state index contributed by atoms with van der Waals surface area (Å²) >= 11 is 0. The molecular formula is C23H42N4O2. The van der Waals surface area contributed by atoms with Crippen LogP contribution in [0.25, 0.3) is 0 Å². The lowest BCUT2D eigenvalue weighted by Gasteiger charge is -2.40. The van der Waals surface area contributed by atoms with Crippen LogP contribution in [0.1, 0.15) is 69.1 Å². The summed E-state index contributed by atoms with van der Waals surface area (Å²) in [6, 6.07) is 0. The van der Waals surface area contributed by atoms with Crippen molar-refractivity contribution in [1.29, 1.82) is 0 Å². The molecule has 1 aromatic rings. The van der Waals surface area contributed by atoms with Gasteiger partial charge in [0, 0.05) is 62.8 Å². The van der Waals surface area contributed by atoms with E-state index in [2.05, 4.69) is 35.7 Å². The van der Waals surface area contributed by atoms with Crippen molar-refractivity contribution in [2.24, 2.45) is 5.41 Å². The van der Waals surface area contributed by atoms with Gasteiger partial charge in [-0.05, 0) is 60.0 Å². The average Bonchev–Trinajstić information content (AvgIpc) is 3.31. The molecule has 0 amide bonds. The summed E-state index contributed by atoms with van der Waals surface area (Å²) in [5, 5.41) is 3.25. The van der Waals surface area contributed by atoms with E-state index in [0.29, 0.717) is 5.92 Å². The third-order valence-electron chi connectivity index (χ3n) is 6.77. The first-order valence-corrected chi connectivity index (χ1v) is 11.7. The van der Waals surface area contributed by atoms with Crippen molar-refractivity contribution in [2.45, 2.75) is 71.4 Å². The lowest BCUT2D eigenvalue weighted by molar-refractivity contribution is -0.0398. The van der Waals surface area contributed by atoms with Crippen LogP contribution in [0.2, 0.25) is 0 Å². The number of ether oxygens (including phenoxy) is 2. The minimum absolute atomic E-state index is 0.195. The molecule has 0 spiro atoms. The lowest BCUT2D eigenvalue weighted by Crippen LogP contribution is -2.37. The number of aromatic nitrogens is 2. The predicted octanol–water partition coefficient (Wildman–Crippen LogP) is 3.20. The number of likely N-dealkylation sites (N-methyl/N-ethyl adjacent to an activating group) is 2. The third-order valence-corrected chi connectivity index (χ3v) is 6.77. The monoisotopic (exact) mass is 406 g/mol. The third kappa shape index (κ3) is 5.60.